The first-order valence-corrected chi connectivity index (χ1v) is 7.88. The predicted octanol–water partition coefficient (Wildman–Crippen LogP) is 2.87. The van der Waals surface area contributed by atoms with E-state index in [-0.39, 0.29) is 6.04 Å². The molecule has 0 fully saturated rings. The SMILES string of the molecule is Cc1cccc(C(N)c2c(Br)cnn2CCN(C)C)c1C. The molecule has 0 radical (unpaired) electrons. The van der Waals surface area contributed by atoms with Crippen molar-refractivity contribution in [2.75, 3.05) is 20.6 Å². The molecule has 0 aliphatic rings. The Morgan fingerprint density at radius 1 is 1.33 bits per heavy atom. The lowest BCUT2D eigenvalue weighted by molar-refractivity contribution is 0.368. The predicted molar refractivity (Wildman–Crippen MR) is 90.4 cm³/mol. The van der Waals surface area contributed by atoms with Crippen LogP contribution in [0.3, 0.4) is 0 Å². The number of rotatable bonds is 5. The number of aryl methyl sites for hydroxylation is 1. The molecule has 2 N–H and O–H groups in total. The van der Waals surface area contributed by atoms with Crippen LogP contribution >= 0.6 is 15.9 Å². The topological polar surface area (TPSA) is 47.1 Å². The van der Waals surface area contributed by atoms with Gasteiger partial charge >= 0.3 is 0 Å². The van der Waals surface area contributed by atoms with Gasteiger partial charge in [-0.15, -0.1) is 0 Å². The van der Waals surface area contributed by atoms with Crippen LogP contribution < -0.4 is 5.73 Å². The van der Waals surface area contributed by atoms with Gasteiger partial charge in [-0.25, -0.2) is 0 Å². The fourth-order valence-corrected chi connectivity index (χ4v) is 2.95. The van der Waals surface area contributed by atoms with Crippen molar-refractivity contribution in [2.45, 2.75) is 26.4 Å². The largest absolute Gasteiger partial charge is 0.319 e. The van der Waals surface area contributed by atoms with Crippen LogP contribution in [0, 0.1) is 13.8 Å². The molecular weight excluding hydrogens is 328 g/mol. The smallest absolute Gasteiger partial charge is 0.0739 e. The second-order valence-corrected chi connectivity index (χ2v) is 6.53. The van der Waals surface area contributed by atoms with Gasteiger partial charge < -0.3 is 10.6 Å². The van der Waals surface area contributed by atoms with Crippen molar-refractivity contribution in [3.8, 4) is 0 Å². The number of nitrogens with two attached hydrogens (primary N) is 1. The second kappa shape index (κ2) is 6.73. The Bertz CT molecular complexity index is 619. The molecule has 5 heteroatoms. The Balaban J connectivity index is 2.36. The van der Waals surface area contributed by atoms with Crippen LogP contribution in [0.15, 0.2) is 28.9 Å². The molecule has 1 aromatic carbocycles. The van der Waals surface area contributed by atoms with Crippen molar-refractivity contribution in [1.82, 2.24) is 14.7 Å². The van der Waals surface area contributed by atoms with E-state index in [1.165, 1.54) is 11.1 Å². The van der Waals surface area contributed by atoms with E-state index in [2.05, 4.69) is 72.1 Å². The minimum Gasteiger partial charge on any atom is -0.319 e. The quantitative estimate of drug-likeness (QED) is 0.901. The highest BCUT2D eigenvalue weighted by Gasteiger charge is 2.20. The molecule has 0 bridgehead atoms. The standard InChI is InChI=1S/C16H23BrN4/c1-11-6-5-7-13(12(11)2)15(18)16-14(17)10-19-21(16)9-8-20(3)4/h5-7,10,15H,8-9,18H2,1-4H3. The van der Waals surface area contributed by atoms with Crippen LogP contribution in [0.1, 0.15) is 28.4 Å². The molecule has 0 spiro atoms. The fraction of sp³-hybridized carbons (Fsp3) is 0.438. The highest BCUT2D eigenvalue weighted by Crippen LogP contribution is 2.29. The van der Waals surface area contributed by atoms with Crippen molar-refractivity contribution in [3.05, 3.63) is 51.3 Å². The van der Waals surface area contributed by atoms with Crippen molar-refractivity contribution in [3.63, 3.8) is 0 Å². The Morgan fingerprint density at radius 3 is 2.71 bits per heavy atom. The molecule has 0 amide bonds. The van der Waals surface area contributed by atoms with Crippen LogP contribution in [0.2, 0.25) is 0 Å². The first kappa shape index (κ1) is 16.2. The summed E-state index contributed by atoms with van der Waals surface area (Å²) in [7, 11) is 4.12. The van der Waals surface area contributed by atoms with E-state index >= 15 is 0 Å². The molecule has 0 saturated carbocycles. The van der Waals surface area contributed by atoms with E-state index in [1.54, 1.807) is 0 Å². The first-order valence-electron chi connectivity index (χ1n) is 7.09. The lowest BCUT2D eigenvalue weighted by Gasteiger charge is -2.19. The van der Waals surface area contributed by atoms with Gasteiger partial charge in [-0.1, -0.05) is 18.2 Å². The Hall–Kier alpha value is -1.17. The van der Waals surface area contributed by atoms with Crippen molar-refractivity contribution < 1.29 is 0 Å². The number of halogens is 1. The summed E-state index contributed by atoms with van der Waals surface area (Å²) in [6, 6.07) is 6.10. The number of hydrogen-bond acceptors (Lipinski definition) is 3. The number of nitrogens with zero attached hydrogens (tertiary/aromatic N) is 3. The van der Waals surface area contributed by atoms with E-state index in [1.807, 2.05) is 10.9 Å². The molecule has 114 valence electrons. The summed E-state index contributed by atoms with van der Waals surface area (Å²) in [5.41, 5.74) is 11.2. The summed E-state index contributed by atoms with van der Waals surface area (Å²) in [4.78, 5) is 2.14. The van der Waals surface area contributed by atoms with E-state index in [4.69, 9.17) is 5.73 Å². The maximum absolute atomic E-state index is 6.53. The summed E-state index contributed by atoms with van der Waals surface area (Å²) < 4.78 is 2.96. The number of benzene rings is 1. The van der Waals surface area contributed by atoms with Gasteiger partial charge in [-0.05, 0) is 60.6 Å². The molecule has 0 aliphatic heterocycles. The van der Waals surface area contributed by atoms with Crippen LogP contribution in [-0.2, 0) is 6.54 Å². The van der Waals surface area contributed by atoms with E-state index < -0.39 is 0 Å². The summed E-state index contributed by atoms with van der Waals surface area (Å²) >= 11 is 3.59. The monoisotopic (exact) mass is 350 g/mol. The molecule has 1 heterocycles. The van der Waals surface area contributed by atoms with E-state index in [0.717, 1.165) is 28.8 Å². The minimum atomic E-state index is -0.177. The highest BCUT2D eigenvalue weighted by molar-refractivity contribution is 9.10. The van der Waals surface area contributed by atoms with Crippen molar-refractivity contribution in [1.29, 1.82) is 0 Å². The van der Waals surface area contributed by atoms with Crippen molar-refractivity contribution in [2.24, 2.45) is 5.73 Å². The van der Waals surface area contributed by atoms with Gasteiger partial charge in [0.1, 0.15) is 0 Å². The number of aromatic nitrogens is 2. The third-order valence-corrected chi connectivity index (χ3v) is 4.48. The lowest BCUT2D eigenvalue weighted by Crippen LogP contribution is -2.24. The molecule has 2 aromatic rings. The van der Waals surface area contributed by atoms with Crippen LogP contribution in [0.4, 0.5) is 0 Å². The van der Waals surface area contributed by atoms with Crippen LogP contribution in [-0.4, -0.2) is 35.3 Å². The number of likely N-dealkylation sites (N-methyl/N-ethyl adjacent to an activating group) is 1. The average molecular weight is 351 g/mol. The van der Waals surface area contributed by atoms with Crippen LogP contribution in [0.25, 0.3) is 0 Å². The molecule has 21 heavy (non-hydrogen) atoms. The second-order valence-electron chi connectivity index (χ2n) is 5.67. The molecule has 2 rings (SSSR count). The zero-order valence-corrected chi connectivity index (χ0v) is 14.7. The van der Waals surface area contributed by atoms with E-state index in [9.17, 15) is 0 Å². The van der Waals surface area contributed by atoms with Gasteiger partial charge in [0.25, 0.3) is 0 Å². The third kappa shape index (κ3) is 3.54. The van der Waals surface area contributed by atoms with Crippen LogP contribution in [0.5, 0.6) is 0 Å². The lowest BCUT2D eigenvalue weighted by atomic mass is 9.96. The Kier molecular flexibility index (Phi) is 5.19. The van der Waals surface area contributed by atoms with Gasteiger partial charge in [0, 0.05) is 6.54 Å². The Labute approximate surface area is 135 Å². The van der Waals surface area contributed by atoms with Gasteiger partial charge in [0.05, 0.1) is 29.0 Å². The summed E-state index contributed by atoms with van der Waals surface area (Å²) in [6.07, 6.45) is 1.83. The summed E-state index contributed by atoms with van der Waals surface area (Å²) in [5, 5.41) is 4.45. The maximum atomic E-state index is 6.53. The summed E-state index contributed by atoms with van der Waals surface area (Å²) in [6.45, 7) is 6.00. The average Bonchev–Trinajstić information content (AvgIpc) is 2.80. The normalized spacial score (nSPS) is 12.9. The Morgan fingerprint density at radius 2 is 2.05 bits per heavy atom. The molecule has 1 atom stereocenters. The molecule has 1 aromatic heterocycles. The molecular formula is C16H23BrN4. The summed E-state index contributed by atoms with van der Waals surface area (Å²) in [5.74, 6) is 0. The minimum absolute atomic E-state index is 0.177. The third-order valence-electron chi connectivity index (χ3n) is 3.87. The maximum Gasteiger partial charge on any atom is 0.0739 e. The fourth-order valence-electron chi connectivity index (χ4n) is 2.41. The molecule has 1 unspecified atom stereocenters. The van der Waals surface area contributed by atoms with E-state index in [0.29, 0.717) is 0 Å². The van der Waals surface area contributed by atoms with Gasteiger partial charge in [-0.3, -0.25) is 4.68 Å². The molecule has 0 saturated heterocycles. The molecule has 4 nitrogen and oxygen atoms in total. The van der Waals surface area contributed by atoms with Gasteiger partial charge in [-0.2, -0.15) is 5.10 Å². The van der Waals surface area contributed by atoms with Crippen molar-refractivity contribution >= 4 is 15.9 Å². The van der Waals surface area contributed by atoms with Gasteiger partial charge in [0.15, 0.2) is 0 Å². The molecule has 0 aliphatic carbocycles. The first-order chi connectivity index (χ1) is 9.91. The highest BCUT2D eigenvalue weighted by atomic mass is 79.9. The number of hydrogen-bond donors (Lipinski definition) is 1. The zero-order chi connectivity index (χ0) is 15.6. The van der Waals surface area contributed by atoms with Gasteiger partial charge in [0.2, 0.25) is 0 Å². The zero-order valence-electron chi connectivity index (χ0n) is 13.1.